The Morgan fingerprint density at radius 1 is 1.00 bits per heavy atom. The molecule has 3 rings (SSSR count). The molecule has 2 N–H and O–H groups in total. The lowest BCUT2D eigenvalue weighted by molar-refractivity contribution is 0.483. The van der Waals surface area contributed by atoms with Crippen LogP contribution in [0.1, 0.15) is 11.4 Å². The fraction of sp³-hybridized carbons (Fsp3) is 0.118. The van der Waals surface area contributed by atoms with Crippen LogP contribution in [0.5, 0.6) is 11.5 Å². The molecule has 0 bridgehead atoms. The third kappa shape index (κ3) is 3.42. The van der Waals surface area contributed by atoms with Gasteiger partial charge in [0.1, 0.15) is 11.5 Å². The lowest BCUT2D eigenvalue weighted by Crippen LogP contribution is -2.01. The van der Waals surface area contributed by atoms with Crippen LogP contribution in [0, 0.1) is 6.92 Å². The molecule has 1 aromatic heterocycles. The molecule has 0 atom stereocenters. The van der Waals surface area contributed by atoms with Gasteiger partial charge in [-0.3, -0.25) is 0 Å². The molecule has 0 aliphatic heterocycles. The maximum atomic E-state index is 5.76. The molecule has 0 spiro atoms. The number of hydrogen-bond acceptors (Lipinski definition) is 3. The summed E-state index contributed by atoms with van der Waals surface area (Å²) in [5.74, 6) is 1.66. The van der Waals surface area contributed by atoms with Gasteiger partial charge in [-0.15, -0.1) is 0 Å². The monoisotopic (exact) mass is 279 g/mol. The molecule has 1 heterocycles. The van der Waals surface area contributed by atoms with Crippen molar-refractivity contribution in [2.24, 2.45) is 0 Å². The van der Waals surface area contributed by atoms with Gasteiger partial charge in [0.15, 0.2) is 0 Å². The fourth-order valence-electron chi connectivity index (χ4n) is 2.02. The van der Waals surface area contributed by atoms with Gasteiger partial charge in [0.25, 0.3) is 0 Å². The first-order valence-corrected chi connectivity index (χ1v) is 6.87. The topological polar surface area (TPSA) is 49.9 Å². The zero-order valence-electron chi connectivity index (χ0n) is 11.8. The zero-order chi connectivity index (χ0) is 14.5. The Kier molecular flexibility index (Phi) is 3.87. The van der Waals surface area contributed by atoms with Gasteiger partial charge in [-0.2, -0.15) is 0 Å². The molecule has 0 saturated carbocycles. The molecule has 0 unspecified atom stereocenters. The van der Waals surface area contributed by atoms with Crippen LogP contribution in [-0.4, -0.2) is 9.97 Å². The van der Waals surface area contributed by atoms with Gasteiger partial charge in [0, 0.05) is 11.4 Å². The van der Waals surface area contributed by atoms with Crippen molar-refractivity contribution in [2.75, 3.05) is 5.32 Å². The van der Waals surface area contributed by atoms with Crippen molar-refractivity contribution in [2.45, 2.75) is 13.5 Å². The van der Waals surface area contributed by atoms with Gasteiger partial charge in [-0.1, -0.05) is 18.2 Å². The maximum absolute atomic E-state index is 5.76. The van der Waals surface area contributed by atoms with Crippen molar-refractivity contribution in [3.63, 3.8) is 0 Å². The second-order valence-electron chi connectivity index (χ2n) is 4.77. The maximum Gasteiger partial charge on any atom is 0.127 e. The summed E-state index contributed by atoms with van der Waals surface area (Å²) in [6.45, 7) is 2.72. The first-order valence-electron chi connectivity index (χ1n) is 6.87. The van der Waals surface area contributed by atoms with E-state index in [1.165, 1.54) is 0 Å². The van der Waals surface area contributed by atoms with Gasteiger partial charge in [0.2, 0.25) is 0 Å². The highest BCUT2D eigenvalue weighted by Crippen LogP contribution is 2.22. The van der Waals surface area contributed by atoms with Crippen LogP contribution in [0.15, 0.2) is 60.9 Å². The predicted molar refractivity (Wildman–Crippen MR) is 83.6 cm³/mol. The number of nitrogens with one attached hydrogen (secondary N) is 2. The van der Waals surface area contributed by atoms with E-state index >= 15 is 0 Å². The molecule has 0 aliphatic carbocycles. The number of hydrogen-bond donors (Lipinski definition) is 2. The number of para-hydroxylation sites is 1. The second kappa shape index (κ2) is 6.13. The highest BCUT2D eigenvalue weighted by atomic mass is 16.5. The number of nitrogens with zero attached hydrogens (tertiary/aromatic N) is 1. The molecule has 0 fully saturated rings. The van der Waals surface area contributed by atoms with E-state index in [1.54, 1.807) is 6.33 Å². The van der Waals surface area contributed by atoms with E-state index in [4.69, 9.17) is 4.74 Å². The number of imidazole rings is 1. The summed E-state index contributed by atoms with van der Waals surface area (Å²) in [7, 11) is 0. The van der Waals surface area contributed by atoms with Crippen molar-refractivity contribution >= 4 is 5.69 Å². The van der Waals surface area contributed by atoms with Gasteiger partial charge >= 0.3 is 0 Å². The molecule has 0 amide bonds. The lowest BCUT2D eigenvalue weighted by Gasteiger charge is -2.08. The van der Waals surface area contributed by atoms with Crippen LogP contribution >= 0.6 is 0 Å². The average Bonchev–Trinajstić information content (AvgIpc) is 2.93. The van der Waals surface area contributed by atoms with E-state index in [2.05, 4.69) is 15.3 Å². The van der Waals surface area contributed by atoms with Crippen LogP contribution in [-0.2, 0) is 6.54 Å². The molecule has 0 saturated heterocycles. The second-order valence-corrected chi connectivity index (χ2v) is 4.77. The van der Waals surface area contributed by atoms with Gasteiger partial charge in [-0.25, -0.2) is 4.98 Å². The summed E-state index contributed by atoms with van der Waals surface area (Å²) in [5, 5.41) is 3.34. The summed E-state index contributed by atoms with van der Waals surface area (Å²) in [6, 6.07) is 17.7. The minimum Gasteiger partial charge on any atom is -0.457 e. The SMILES string of the molecule is Cc1[nH]cnc1CNc1ccc(Oc2ccccc2)cc1. The first-order chi connectivity index (χ1) is 10.3. The Labute approximate surface area is 123 Å². The molecule has 3 aromatic rings. The third-order valence-corrected chi connectivity index (χ3v) is 3.23. The van der Waals surface area contributed by atoms with Crippen molar-refractivity contribution in [1.82, 2.24) is 9.97 Å². The molecular formula is C17H17N3O. The standard InChI is InChI=1S/C17H17N3O/c1-13-17(20-12-19-13)11-18-14-7-9-16(10-8-14)21-15-5-3-2-4-6-15/h2-10,12,18H,11H2,1H3,(H,19,20). The minimum atomic E-state index is 0.703. The van der Waals surface area contributed by atoms with Crippen molar-refractivity contribution in [3.05, 3.63) is 72.3 Å². The van der Waals surface area contributed by atoms with E-state index in [1.807, 2.05) is 61.5 Å². The van der Waals surface area contributed by atoms with E-state index in [0.29, 0.717) is 6.54 Å². The number of aromatic nitrogens is 2. The largest absolute Gasteiger partial charge is 0.457 e. The van der Waals surface area contributed by atoms with Gasteiger partial charge in [0.05, 0.1) is 18.6 Å². The Bertz CT molecular complexity index is 690. The van der Waals surface area contributed by atoms with Crippen LogP contribution in [0.4, 0.5) is 5.69 Å². The molecule has 2 aromatic carbocycles. The molecule has 4 heteroatoms. The summed E-state index contributed by atoms with van der Waals surface area (Å²) < 4.78 is 5.76. The Morgan fingerprint density at radius 2 is 1.71 bits per heavy atom. The zero-order valence-corrected chi connectivity index (χ0v) is 11.8. The number of aromatic amines is 1. The van der Waals surface area contributed by atoms with E-state index in [9.17, 15) is 0 Å². The van der Waals surface area contributed by atoms with E-state index < -0.39 is 0 Å². The highest BCUT2D eigenvalue weighted by molar-refractivity contribution is 5.47. The normalized spacial score (nSPS) is 10.3. The summed E-state index contributed by atoms with van der Waals surface area (Å²) in [6.07, 6.45) is 1.71. The smallest absolute Gasteiger partial charge is 0.127 e. The summed E-state index contributed by atoms with van der Waals surface area (Å²) in [4.78, 5) is 7.33. The number of ether oxygens (including phenoxy) is 1. The molecule has 21 heavy (non-hydrogen) atoms. The van der Waals surface area contributed by atoms with Crippen LogP contribution < -0.4 is 10.1 Å². The number of aryl methyl sites for hydroxylation is 1. The summed E-state index contributed by atoms with van der Waals surface area (Å²) >= 11 is 0. The lowest BCUT2D eigenvalue weighted by atomic mass is 10.2. The molecule has 106 valence electrons. The van der Waals surface area contributed by atoms with Gasteiger partial charge < -0.3 is 15.0 Å². The van der Waals surface area contributed by atoms with Gasteiger partial charge in [-0.05, 0) is 43.3 Å². The number of rotatable bonds is 5. The quantitative estimate of drug-likeness (QED) is 0.738. The molecule has 4 nitrogen and oxygen atoms in total. The van der Waals surface area contributed by atoms with E-state index in [0.717, 1.165) is 28.6 Å². The fourth-order valence-corrected chi connectivity index (χ4v) is 2.02. The van der Waals surface area contributed by atoms with Crippen molar-refractivity contribution in [1.29, 1.82) is 0 Å². The Balaban J connectivity index is 1.60. The van der Waals surface area contributed by atoms with Crippen LogP contribution in [0.2, 0.25) is 0 Å². The predicted octanol–water partition coefficient (Wildman–Crippen LogP) is 4.12. The van der Waals surface area contributed by atoms with Crippen LogP contribution in [0.3, 0.4) is 0 Å². The molecular weight excluding hydrogens is 262 g/mol. The number of anilines is 1. The number of H-pyrrole nitrogens is 1. The molecule has 0 aliphatic rings. The number of benzene rings is 2. The average molecular weight is 279 g/mol. The third-order valence-electron chi connectivity index (χ3n) is 3.23. The minimum absolute atomic E-state index is 0.703. The Morgan fingerprint density at radius 3 is 2.38 bits per heavy atom. The first kappa shape index (κ1) is 13.2. The molecule has 0 radical (unpaired) electrons. The van der Waals surface area contributed by atoms with Crippen molar-refractivity contribution < 1.29 is 4.74 Å². The Hall–Kier alpha value is -2.75. The highest BCUT2D eigenvalue weighted by Gasteiger charge is 2.01. The summed E-state index contributed by atoms with van der Waals surface area (Å²) in [5.41, 5.74) is 3.16. The van der Waals surface area contributed by atoms with Crippen molar-refractivity contribution in [3.8, 4) is 11.5 Å². The van der Waals surface area contributed by atoms with Crippen LogP contribution in [0.25, 0.3) is 0 Å². The van der Waals surface area contributed by atoms with E-state index in [-0.39, 0.29) is 0 Å².